The maximum atomic E-state index is 9.45. The summed E-state index contributed by atoms with van der Waals surface area (Å²) < 4.78 is 0.783. The van der Waals surface area contributed by atoms with Gasteiger partial charge in [0.05, 0.1) is 10.7 Å². The molecule has 92 valence electrons. The number of hydrogen-bond donors (Lipinski definition) is 1. The first-order chi connectivity index (χ1) is 8.54. The molecule has 2 aromatic carbocycles. The molecular formula is C13H8BrCl2NO. The Morgan fingerprint density at radius 2 is 1.89 bits per heavy atom. The van der Waals surface area contributed by atoms with E-state index < -0.39 is 0 Å². The van der Waals surface area contributed by atoms with Crippen molar-refractivity contribution >= 4 is 51.0 Å². The lowest BCUT2D eigenvalue weighted by molar-refractivity contribution is 0.475. The van der Waals surface area contributed by atoms with Gasteiger partial charge in [0.15, 0.2) is 0 Å². The van der Waals surface area contributed by atoms with Crippen LogP contribution in [0.3, 0.4) is 0 Å². The number of rotatable bonds is 2. The summed E-state index contributed by atoms with van der Waals surface area (Å²) in [5.74, 6) is 0.174. The normalized spacial score (nSPS) is 11.1. The average Bonchev–Trinajstić information content (AvgIpc) is 2.26. The van der Waals surface area contributed by atoms with Crippen LogP contribution in [0.25, 0.3) is 0 Å². The monoisotopic (exact) mass is 343 g/mol. The Morgan fingerprint density at radius 3 is 2.56 bits per heavy atom. The molecule has 0 aliphatic heterocycles. The minimum absolute atomic E-state index is 0.174. The van der Waals surface area contributed by atoms with E-state index in [9.17, 15) is 5.11 Å². The lowest BCUT2D eigenvalue weighted by Crippen LogP contribution is -1.81. The molecule has 0 aromatic heterocycles. The Morgan fingerprint density at radius 1 is 1.11 bits per heavy atom. The standard InChI is InChI=1S/C13H8BrCl2NO/c14-9-3-8(4-11(18)5-9)7-17-13-2-1-10(15)6-12(13)16/h1-7,18H. The van der Waals surface area contributed by atoms with Gasteiger partial charge in [-0.3, -0.25) is 4.99 Å². The highest BCUT2D eigenvalue weighted by molar-refractivity contribution is 9.10. The van der Waals surface area contributed by atoms with Crippen LogP contribution in [0.4, 0.5) is 5.69 Å². The third-order valence-corrected chi connectivity index (χ3v) is 3.16. The fourth-order valence-electron chi connectivity index (χ4n) is 1.40. The SMILES string of the molecule is Oc1cc(Br)cc(C=Nc2ccc(Cl)cc2Cl)c1. The van der Waals surface area contributed by atoms with E-state index in [4.69, 9.17) is 23.2 Å². The molecule has 2 aromatic rings. The molecule has 0 heterocycles. The van der Waals surface area contributed by atoms with Crippen molar-refractivity contribution in [2.75, 3.05) is 0 Å². The van der Waals surface area contributed by atoms with Gasteiger partial charge in [0.1, 0.15) is 5.75 Å². The highest BCUT2D eigenvalue weighted by atomic mass is 79.9. The summed E-state index contributed by atoms with van der Waals surface area (Å²) in [6, 6.07) is 10.1. The second kappa shape index (κ2) is 5.74. The van der Waals surface area contributed by atoms with Crippen LogP contribution >= 0.6 is 39.1 Å². The number of phenolic OH excluding ortho intramolecular Hbond substituents is 1. The van der Waals surface area contributed by atoms with Crippen LogP contribution in [0.5, 0.6) is 5.75 Å². The van der Waals surface area contributed by atoms with E-state index in [0.717, 1.165) is 10.0 Å². The van der Waals surface area contributed by atoms with Crippen LogP contribution in [0.15, 0.2) is 45.9 Å². The lowest BCUT2D eigenvalue weighted by atomic mass is 10.2. The van der Waals surface area contributed by atoms with E-state index in [2.05, 4.69) is 20.9 Å². The first kappa shape index (κ1) is 13.4. The second-order valence-electron chi connectivity index (χ2n) is 3.60. The van der Waals surface area contributed by atoms with Crippen molar-refractivity contribution in [1.82, 2.24) is 0 Å². The Hall–Kier alpha value is -1.03. The Labute approximate surface area is 123 Å². The number of nitrogens with zero attached hydrogens (tertiary/aromatic N) is 1. The van der Waals surface area contributed by atoms with E-state index in [1.165, 1.54) is 0 Å². The van der Waals surface area contributed by atoms with Gasteiger partial charge in [-0.25, -0.2) is 0 Å². The van der Waals surface area contributed by atoms with E-state index in [1.54, 1.807) is 36.5 Å². The van der Waals surface area contributed by atoms with Crippen molar-refractivity contribution in [3.8, 4) is 5.75 Å². The summed E-state index contributed by atoms with van der Waals surface area (Å²) in [5.41, 5.74) is 1.40. The van der Waals surface area contributed by atoms with Gasteiger partial charge in [-0.1, -0.05) is 39.1 Å². The number of halogens is 3. The molecule has 0 spiro atoms. The Balaban J connectivity index is 2.29. The smallest absolute Gasteiger partial charge is 0.117 e. The topological polar surface area (TPSA) is 32.6 Å². The molecule has 0 bridgehead atoms. The minimum Gasteiger partial charge on any atom is -0.508 e. The van der Waals surface area contributed by atoms with Crippen LogP contribution in [-0.2, 0) is 0 Å². The molecule has 1 N–H and O–H groups in total. The van der Waals surface area contributed by atoms with Crippen LogP contribution in [0, 0.1) is 0 Å². The largest absolute Gasteiger partial charge is 0.508 e. The van der Waals surface area contributed by atoms with Gasteiger partial charge in [-0.15, -0.1) is 0 Å². The third kappa shape index (κ3) is 3.48. The van der Waals surface area contributed by atoms with E-state index >= 15 is 0 Å². The molecule has 18 heavy (non-hydrogen) atoms. The number of phenols is 1. The van der Waals surface area contributed by atoms with Gasteiger partial charge in [0, 0.05) is 15.7 Å². The van der Waals surface area contributed by atoms with E-state index in [-0.39, 0.29) is 5.75 Å². The molecule has 0 amide bonds. The molecule has 0 aliphatic carbocycles. The zero-order valence-corrected chi connectivity index (χ0v) is 12.2. The molecule has 0 aliphatic rings. The predicted molar refractivity (Wildman–Crippen MR) is 79.5 cm³/mol. The maximum absolute atomic E-state index is 9.45. The first-order valence-electron chi connectivity index (χ1n) is 5.03. The Kier molecular flexibility index (Phi) is 4.27. The molecule has 0 fully saturated rings. The first-order valence-corrected chi connectivity index (χ1v) is 6.58. The molecule has 0 radical (unpaired) electrons. The minimum atomic E-state index is 0.174. The van der Waals surface area contributed by atoms with Crippen LogP contribution < -0.4 is 0 Å². The molecule has 0 unspecified atom stereocenters. The second-order valence-corrected chi connectivity index (χ2v) is 5.36. The molecule has 0 saturated heterocycles. The van der Waals surface area contributed by atoms with E-state index in [0.29, 0.717) is 15.7 Å². The van der Waals surface area contributed by atoms with Crippen molar-refractivity contribution in [2.45, 2.75) is 0 Å². The third-order valence-electron chi connectivity index (χ3n) is 2.17. The molecular weight excluding hydrogens is 337 g/mol. The summed E-state index contributed by atoms with van der Waals surface area (Å²) in [5, 5.41) is 10.5. The van der Waals surface area contributed by atoms with Crippen molar-refractivity contribution in [3.63, 3.8) is 0 Å². The fraction of sp³-hybridized carbons (Fsp3) is 0. The van der Waals surface area contributed by atoms with Gasteiger partial charge in [0.25, 0.3) is 0 Å². The van der Waals surface area contributed by atoms with Crippen molar-refractivity contribution in [1.29, 1.82) is 0 Å². The van der Waals surface area contributed by atoms with Crippen LogP contribution in [0.2, 0.25) is 10.0 Å². The van der Waals surface area contributed by atoms with Gasteiger partial charge >= 0.3 is 0 Å². The summed E-state index contributed by atoms with van der Waals surface area (Å²) in [4.78, 5) is 4.25. The van der Waals surface area contributed by atoms with Crippen LogP contribution in [-0.4, -0.2) is 11.3 Å². The number of hydrogen-bond acceptors (Lipinski definition) is 2. The molecule has 2 nitrogen and oxygen atoms in total. The highest BCUT2D eigenvalue weighted by Crippen LogP contribution is 2.28. The molecule has 0 atom stereocenters. The zero-order chi connectivity index (χ0) is 13.1. The number of aromatic hydroxyl groups is 1. The average molecular weight is 345 g/mol. The molecule has 0 saturated carbocycles. The molecule has 5 heteroatoms. The van der Waals surface area contributed by atoms with Gasteiger partial charge in [-0.05, 0) is 42.0 Å². The van der Waals surface area contributed by atoms with Gasteiger partial charge in [-0.2, -0.15) is 0 Å². The zero-order valence-electron chi connectivity index (χ0n) is 9.07. The summed E-state index contributed by atoms with van der Waals surface area (Å²) in [7, 11) is 0. The fourth-order valence-corrected chi connectivity index (χ4v) is 2.36. The van der Waals surface area contributed by atoms with Crippen molar-refractivity contribution in [3.05, 3.63) is 56.5 Å². The highest BCUT2D eigenvalue weighted by Gasteiger charge is 1.99. The summed E-state index contributed by atoms with van der Waals surface area (Å²) in [6.07, 6.45) is 1.62. The summed E-state index contributed by atoms with van der Waals surface area (Å²) in [6.45, 7) is 0. The van der Waals surface area contributed by atoms with Gasteiger partial charge in [0.2, 0.25) is 0 Å². The number of aliphatic imine (C=N–C) groups is 1. The van der Waals surface area contributed by atoms with E-state index in [1.807, 2.05) is 6.07 Å². The summed E-state index contributed by atoms with van der Waals surface area (Å²) >= 11 is 15.1. The maximum Gasteiger partial charge on any atom is 0.117 e. The molecule has 2 rings (SSSR count). The number of benzene rings is 2. The quantitative estimate of drug-likeness (QED) is 0.745. The predicted octanol–water partition coefficient (Wildman–Crippen LogP) is 5.21. The lowest BCUT2D eigenvalue weighted by Gasteiger charge is -2.00. The van der Waals surface area contributed by atoms with Gasteiger partial charge < -0.3 is 5.11 Å². The van der Waals surface area contributed by atoms with Crippen molar-refractivity contribution in [2.24, 2.45) is 4.99 Å². The Bertz CT molecular complexity index is 594. The van der Waals surface area contributed by atoms with Crippen LogP contribution in [0.1, 0.15) is 5.56 Å². The van der Waals surface area contributed by atoms with Crippen molar-refractivity contribution < 1.29 is 5.11 Å².